The van der Waals surface area contributed by atoms with Gasteiger partial charge in [0, 0.05) is 57.7 Å². The number of likely N-dealkylation sites (tertiary alicyclic amines) is 3. The number of carboxylic acids is 1. The van der Waals surface area contributed by atoms with Gasteiger partial charge < -0.3 is 19.6 Å². The van der Waals surface area contributed by atoms with E-state index in [0.717, 1.165) is 17.1 Å². The normalized spacial score (nSPS) is 26.8. The number of halogens is 2. The van der Waals surface area contributed by atoms with Crippen molar-refractivity contribution >= 4 is 11.8 Å². The van der Waals surface area contributed by atoms with Crippen LogP contribution in [0.15, 0.2) is 23.4 Å². The second-order valence-corrected chi connectivity index (χ2v) is 13.2. The van der Waals surface area contributed by atoms with Gasteiger partial charge in [-0.25, -0.2) is 8.78 Å². The fraction of sp³-hybridized carbons (Fsp3) is 0.733. The minimum absolute atomic E-state index is 0.00115. The molecule has 1 spiro atoms. The lowest BCUT2D eigenvalue weighted by atomic mass is 9.80. The standard InChI is InChI=1S/C30H42F2N4O4/c1-20(2)39-24-7-6-22(21-4-5-21)16-23(24)26(35-14-10-30(31,32)11-15-35)36-18-29(19-36)17-25(33-40-29)34-12-8-28(3,9-13-34)27(37)38/h6-7,16,20-21,26H,4-5,8-15,17-19H2,1-3H3,(H,37,38). The lowest BCUT2D eigenvalue weighted by Crippen LogP contribution is -2.65. The zero-order valence-corrected chi connectivity index (χ0v) is 23.9. The van der Waals surface area contributed by atoms with E-state index in [1.807, 2.05) is 20.8 Å². The van der Waals surface area contributed by atoms with Crippen molar-refractivity contribution in [1.82, 2.24) is 14.7 Å². The van der Waals surface area contributed by atoms with Crippen molar-refractivity contribution in [2.24, 2.45) is 10.6 Å². The Hall–Kier alpha value is -2.46. The molecule has 1 N–H and O–H groups in total. The number of oxime groups is 1. The molecule has 6 rings (SSSR count). The SMILES string of the molecule is CC(C)Oc1ccc(C2CC2)cc1C(N1CCC(F)(F)CC1)N1CC2(CC(N3CCC(C)(C(=O)O)CC3)=NO2)C1. The molecule has 3 saturated heterocycles. The molecule has 0 amide bonds. The topological polar surface area (TPSA) is 77.8 Å². The molecule has 0 bridgehead atoms. The van der Waals surface area contributed by atoms with E-state index in [2.05, 4.69) is 38.1 Å². The van der Waals surface area contributed by atoms with Crippen LogP contribution in [0.5, 0.6) is 5.75 Å². The van der Waals surface area contributed by atoms with Crippen molar-refractivity contribution in [2.75, 3.05) is 39.3 Å². The third kappa shape index (κ3) is 5.41. The number of piperidine rings is 2. The maximum absolute atomic E-state index is 14.2. The number of rotatable bonds is 7. The largest absolute Gasteiger partial charge is 0.491 e. The molecular weight excluding hydrogens is 518 g/mol. The van der Waals surface area contributed by atoms with Crippen LogP contribution in [-0.4, -0.2) is 88.5 Å². The van der Waals surface area contributed by atoms with Crippen LogP contribution in [0, 0.1) is 5.41 Å². The number of nitrogens with zero attached hydrogens (tertiary/aromatic N) is 4. The van der Waals surface area contributed by atoms with Gasteiger partial charge in [0.2, 0.25) is 0 Å². The van der Waals surface area contributed by atoms with Crippen molar-refractivity contribution in [1.29, 1.82) is 0 Å². The summed E-state index contributed by atoms with van der Waals surface area (Å²) >= 11 is 0. The van der Waals surface area contributed by atoms with Crippen LogP contribution in [-0.2, 0) is 9.63 Å². The molecule has 0 aromatic heterocycles. The van der Waals surface area contributed by atoms with Crippen molar-refractivity contribution in [3.63, 3.8) is 0 Å². The summed E-state index contributed by atoms with van der Waals surface area (Å²) in [6.45, 7) is 9.09. The number of benzene rings is 1. The van der Waals surface area contributed by atoms with Crippen LogP contribution in [0.3, 0.4) is 0 Å². The molecule has 1 unspecified atom stereocenters. The predicted octanol–water partition coefficient (Wildman–Crippen LogP) is 5.06. The molecule has 8 nitrogen and oxygen atoms in total. The molecular formula is C30H42F2N4O4. The lowest BCUT2D eigenvalue weighted by molar-refractivity contribution is -0.173. The van der Waals surface area contributed by atoms with Gasteiger partial charge in [-0.2, -0.15) is 0 Å². The molecule has 4 aliphatic heterocycles. The summed E-state index contributed by atoms with van der Waals surface area (Å²) in [6, 6.07) is 6.48. The highest BCUT2D eigenvalue weighted by Gasteiger charge is 2.55. The molecule has 10 heteroatoms. The maximum atomic E-state index is 14.2. The Balaban J connectivity index is 1.19. The molecule has 1 aromatic rings. The van der Waals surface area contributed by atoms with E-state index in [4.69, 9.17) is 9.57 Å². The number of amidine groups is 1. The number of hydrogen-bond acceptors (Lipinski definition) is 7. The monoisotopic (exact) mass is 560 g/mol. The number of aliphatic carboxylic acids is 1. The van der Waals surface area contributed by atoms with Crippen LogP contribution in [0.2, 0.25) is 0 Å². The van der Waals surface area contributed by atoms with Crippen LogP contribution < -0.4 is 4.74 Å². The minimum atomic E-state index is -2.62. The summed E-state index contributed by atoms with van der Waals surface area (Å²) in [5, 5.41) is 14.0. The van der Waals surface area contributed by atoms with Crippen molar-refractivity contribution < 1.29 is 28.3 Å². The van der Waals surface area contributed by atoms with Gasteiger partial charge in [0.25, 0.3) is 5.92 Å². The van der Waals surface area contributed by atoms with Crippen LogP contribution in [0.1, 0.15) is 88.9 Å². The number of hydrogen-bond donors (Lipinski definition) is 1. The molecule has 1 aromatic carbocycles. The van der Waals surface area contributed by atoms with E-state index in [1.54, 1.807) is 0 Å². The van der Waals surface area contributed by atoms with E-state index in [-0.39, 0.29) is 25.1 Å². The Morgan fingerprint density at radius 2 is 1.75 bits per heavy atom. The molecule has 5 aliphatic rings. The Bertz CT molecular complexity index is 1150. The first-order valence-electron chi connectivity index (χ1n) is 14.9. The summed E-state index contributed by atoms with van der Waals surface area (Å²) in [4.78, 5) is 24.4. The Morgan fingerprint density at radius 1 is 1.07 bits per heavy atom. The maximum Gasteiger partial charge on any atom is 0.309 e. The highest BCUT2D eigenvalue weighted by Crippen LogP contribution is 2.47. The summed E-state index contributed by atoms with van der Waals surface area (Å²) in [5.41, 5.74) is 1.23. The van der Waals surface area contributed by atoms with Gasteiger partial charge in [-0.1, -0.05) is 11.2 Å². The average molecular weight is 561 g/mol. The average Bonchev–Trinajstić information content (AvgIpc) is 3.64. The molecule has 0 radical (unpaired) electrons. The summed E-state index contributed by atoms with van der Waals surface area (Å²) in [5.74, 6) is -1.08. The van der Waals surface area contributed by atoms with Gasteiger partial charge in [0.15, 0.2) is 5.60 Å². The molecule has 1 aliphatic carbocycles. The summed E-state index contributed by atoms with van der Waals surface area (Å²) in [6.07, 6.45) is 3.76. The fourth-order valence-corrected chi connectivity index (χ4v) is 6.70. The van der Waals surface area contributed by atoms with Gasteiger partial charge in [-0.3, -0.25) is 14.6 Å². The molecule has 40 heavy (non-hydrogen) atoms. The predicted molar refractivity (Wildman–Crippen MR) is 147 cm³/mol. The van der Waals surface area contributed by atoms with E-state index in [9.17, 15) is 18.7 Å². The zero-order valence-electron chi connectivity index (χ0n) is 23.9. The molecule has 220 valence electrons. The van der Waals surface area contributed by atoms with E-state index in [0.29, 0.717) is 64.4 Å². The van der Waals surface area contributed by atoms with E-state index < -0.39 is 22.9 Å². The minimum Gasteiger partial charge on any atom is -0.491 e. The third-order valence-corrected chi connectivity index (χ3v) is 9.50. The number of ether oxygens (including phenoxy) is 1. The van der Waals surface area contributed by atoms with Gasteiger partial charge in [-0.15, -0.1) is 0 Å². The van der Waals surface area contributed by atoms with E-state index in [1.165, 1.54) is 18.4 Å². The smallest absolute Gasteiger partial charge is 0.309 e. The fourth-order valence-electron chi connectivity index (χ4n) is 6.70. The van der Waals surface area contributed by atoms with Gasteiger partial charge in [0.05, 0.1) is 24.1 Å². The second kappa shape index (κ2) is 10.1. The Kier molecular flexibility index (Phi) is 7.01. The quantitative estimate of drug-likeness (QED) is 0.500. The highest BCUT2D eigenvalue weighted by atomic mass is 19.3. The number of carboxylic acid groups (broad SMARTS) is 1. The Labute approximate surface area is 235 Å². The lowest BCUT2D eigenvalue weighted by Gasteiger charge is -2.53. The van der Waals surface area contributed by atoms with Crippen LogP contribution in [0.4, 0.5) is 8.78 Å². The Morgan fingerprint density at radius 3 is 2.35 bits per heavy atom. The van der Waals surface area contributed by atoms with Crippen molar-refractivity contribution in [2.45, 2.75) is 95.4 Å². The first-order valence-corrected chi connectivity index (χ1v) is 14.9. The van der Waals surface area contributed by atoms with Crippen molar-refractivity contribution in [3.8, 4) is 5.75 Å². The summed E-state index contributed by atoms with van der Waals surface area (Å²) in [7, 11) is 0. The molecule has 1 atom stereocenters. The molecule has 4 fully saturated rings. The first-order chi connectivity index (χ1) is 19.0. The third-order valence-electron chi connectivity index (χ3n) is 9.50. The summed E-state index contributed by atoms with van der Waals surface area (Å²) < 4.78 is 34.6. The number of carbonyl (C=O) groups is 1. The highest BCUT2D eigenvalue weighted by molar-refractivity contribution is 5.85. The van der Waals surface area contributed by atoms with Crippen LogP contribution >= 0.6 is 0 Å². The van der Waals surface area contributed by atoms with Gasteiger partial charge in [0.1, 0.15) is 11.6 Å². The van der Waals surface area contributed by atoms with Gasteiger partial charge in [-0.05, 0) is 70.1 Å². The first kappa shape index (κ1) is 27.7. The second-order valence-electron chi connectivity index (χ2n) is 13.2. The van der Waals surface area contributed by atoms with E-state index >= 15 is 0 Å². The molecule has 1 saturated carbocycles. The number of alkyl halides is 2. The molecule has 4 heterocycles. The zero-order chi connectivity index (χ0) is 28.3. The van der Waals surface area contributed by atoms with Crippen LogP contribution in [0.25, 0.3) is 0 Å². The van der Waals surface area contributed by atoms with Gasteiger partial charge >= 0.3 is 5.97 Å². The van der Waals surface area contributed by atoms with Crippen molar-refractivity contribution in [3.05, 3.63) is 29.3 Å².